The first-order valence-corrected chi connectivity index (χ1v) is 9.03. The molecule has 1 aromatic heterocycles. The summed E-state index contributed by atoms with van der Waals surface area (Å²) < 4.78 is 12.5. The number of hydrogen-bond donors (Lipinski definition) is 1. The molecule has 0 radical (unpaired) electrons. The molecule has 0 aliphatic carbocycles. The van der Waals surface area contributed by atoms with Gasteiger partial charge in [-0.25, -0.2) is 4.68 Å². The van der Waals surface area contributed by atoms with Crippen molar-refractivity contribution in [3.8, 4) is 17.2 Å². The summed E-state index contributed by atoms with van der Waals surface area (Å²) >= 11 is 0. The van der Waals surface area contributed by atoms with Crippen LogP contribution in [0.5, 0.6) is 11.5 Å². The molecule has 6 heteroatoms. The average Bonchev–Trinajstić information content (AvgIpc) is 3.36. The zero-order valence-corrected chi connectivity index (χ0v) is 14.9. The molecule has 0 unspecified atom stereocenters. The molecule has 0 atom stereocenters. The van der Waals surface area contributed by atoms with Crippen LogP contribution >= 0.6 is 0 Å². The Kier molecular flexibility index (Phi) is 5.05. The Balaban J connectivity index is 1.21. The van der Waals surface area contributed by atoms with E-state index in [0.29, 0.717) is 25.8 Å². The van der Waals surface area contributed by atoms with Gasteiger partial charge in [0.1, 0.15) is 0 Å². The Morgan fingerprint density at radius 2 is 1.89 bits per heavy atom. The van der Waals surface area contributed by atoms with Gasteiger partial charge in [0.05, 0.1) is 11.4 Å². The van der Waals surface area contributed by atoms with E-state index in [0.717, 1.165) is 28.4 Å². The highest BCUT2D eigenvalue weighted by Gasteiger charge is 2.13. The van der Waals surface area contributed by atoms with Crippen LogP contribution in [-0.4, -0.2) is 29.0 Å². The number of aromatic nitrogens is 2. The lowest BCUT2D eigenvalue weighted by Crippen LogP contribution is -2.26. The molecule has 0 spiro atoms. The predicted molar refractivity (Wildman–Crippen MR) is 101 cm³/mol. The molecule has 27 heavy (non-hydrogen) atoms. The Morgan fingerprint density at radius 1 is 1.04 bits per heavy atom. The third-order valence-electron chi connectivity index (χ3n) is 4.45. The highest BCUT2D eigenvalue weighted by atomic mass is 16.7. The maximum atomic E-state index is 12.1. The van der Waals surface area contributed by atoms with Crippen LogP contribution in [0.4, 0.5) is 0 Å². The van der Waals surface area contributed by atoms with Gasteiger partial charge in [0.2, 0.25) is 12.7 Å². The van der Waals surface area contributed by atoms with Gasteiger partial charge in [-0.3, -0.25) is 4.79 Å². The third-order valence-corrected chi connectivity index (χ3v) is 4.45. The van der Waals surface area contributed by atoms with Gasteiger partial charge in [0.15, 0.2) is 11.5 Å². The van der Waals surface area contributed by atoms with Gasteiger partial charge < -0.3 is 14.8 Å². The van der Waals surface area contributed by atoms with Gasteiger partial charge in [-0.2, -0.15) is 5.10 Å². The molecular formula is C21H21N3O3. The predicted octanol–water partition coefficient (Wildman–Crippen LogP) is 2.89. The first kappa shape index (κ1) is 17.1. The van der Waals surface area contributed by atoms with Crippen LogP contribution < -0.4 is 14.8 Å². The van der Waals surface area contributed by atoms with Crippen molar-refractivity contribution < 1.29 is 14.3 Å². The zero-order chi connectivity index (χ0) is 18.5. The van der Waals surface area contributed by atoms with Crippen LogP contribution in [0, 0.1) is 0 Å². The quantitative estimate of drug-likeness (QED) is 0.701. The van der Waals surface area contributed by atoms with Crippen molar-refractivity contribution in [3.05, 3.63) is 72.1 Å². The Labute approximate surface area is 157 Å². The highest BCUT2D eigenvalue weighted by molar-refractivity contribution is 5.76. The minimum Gasteiger partial charge on any atom is -0.454 e. The maximum Gasteiger partial charge on any atom is 0.231 e. The van der Waals surface area contributed by atoms with Gasteiger partial charge in [-0.1, -0.05) is 24.3 Å². The first-order chi connectivity index (χ1) is 13.3. The minimum atomic E-state index is 0.0372. The molecule has 2 heterocycles. The van der Waals surface area contributed by atoms with Gasteiger partial charge in [0, 0.05) is 25.6 Å². The van der Waals surface area contributed by atoms with E-state index >= 15 is 0 Å². The number of fused-ring (bicyclic) bond motifs is 1. The topological polar surface area (TPSA) is 65.4 Å². The number of benzene rings is 2. The summed E-state index contributed by atoms with van der Waals surface area (Å²) in [4.78, 5) is 12.1. The van der Waals surface area contributed by atoms with Crippen LogP contribution in [0.1, 0.15) is 17.7 Å². The normalized spacial score (nSPS) is 12.1. The van der Waals surface area contributed by atoms with E-state index in [2.05, 4.69) is 10.4 Å². The van der Waals surface area contributed by atoms with Crippen molar-refractivity contribution >= 4 is 5.91 Å². The second-order valence-corrected chi connectivity index (χ2v) is 6.37. The number of carbonyl (C=O) groups is 1. The Bertz CT molecular complexity index is 921. The number of nitrogens with zero attached hydrogens (tertiary/aromatic N) is 2. The van der Waals surface area contributed by atoms with Gasteiger partial charge in [-0.15, -0.1) is 0 Å². The highest BCUT2D eigenvalue weighted by Crippen LogP contribution is 2.32. The number of hydrogen-bond acceptors (Lipinski definition) is 4. The number of amides is 1. The van der Waals surface area contributed by atoms with E-state index in [1.807, 2.05) is 65.5 Å². The van der Waals surface area contributed by atoms with E-state index < -0.39 is 0 Å². The number of ether oxygens (including phenoxy) is 2. The van der Waals surface area contributed by atoms with E-state index in [-0.39, 0.29) is 12.7 Å². The van der Waals surface area contributed by atoms with Crippen LogP contribution in [0.25, 0.3) is 5.69 Å². The zero-order valence-electron chi connectivity index (χ0n) is 14.9. The molecule has 138 valence electrons. The number of para-hydroxylation sites is 1. The van der Waals surface area contributed by atoms with Crippen molar-refractivity contribution in [2.75, 3.05) is 13.3 Å². The number of rotatable bonds is 7. The number of carbonyl (C=O) groups excluding carboxylic acids is 1. The third kappa shape index (κ3) is 4.28. The van der Waals surface area contributed by atoms with E-state index in [1.54, 1.807) is 0 Å². The summed E-state index contributed by atoms with van der Waals surface area (Å²) in [5.74, 6) is 1.55. The van der Waals surface area contributed by atoms with Gasteiger partial charge in [0.25, 0.3) is 0 Å². The fourth-order valence-corrected chi connectivity index (χ4v) is 2.99. The minimum absolute atomic E-state index is 0.0372. The monoisotopic (exact) mass is 363 g/mol. The molecule has 6 nitrogen and oxygen atoms in total. The van der Waals surface area contributed by atoms with Crippen LogP contribution in [0.15, 0.2) is 60.8 Å². The fraction of sp³-hybridized carbons (Fsp3) is 0.238. The summed E-state index contributed by atoms with van der Waals surface area (Å²) in [5, 5.41) is 7.50. The lowest BCUT2D eigenvalue weighted by molar-refractivity contribution is -0.121. The van der Waals surface area contributed by atoms with Gasteiger partial charge in [-0.05, 0) is 42.3 Å². The van der Waals surface area contributed by atoms with Crippen LogP contribution in [-0.2, 0) is 17.6 Å². The standard InChI is InChI=1S/C21H21N3O3/c25-21(9-7-16-6-8-19-20(14-16)27-15-26-19)22-12-10-17-11-13-24(23-17)18-4-2-1-3-5-18/h1-6,8,11,13-14H,7,9-10,12,15H2,(H,22,25). The fourth-order valence-electron chi connectivity index (χ4n) is 2.99. The summed E-state index contributed by atoms with van der Waals surface area (Å²) in [5.41, 5.74) is 3.04. The molecule has 0 saturated heterocycles. The van der Waals surface area contributed by atoms with Crippen molar-refractivity contribution in [1.29, 1.82) is 0 Å². The first-order valence-electron chi connectivity index (χ1n) is 9.03. The molecule has 0 saturated carbocycles. The summed E-state index contributed by atoms with van der Waals surface area (Å²) in [6.07, 6.45) is 3.75. The molecule has 1 aliphatic heterocycles. The molecule has 2 aromatic carbocycles. The van der Waals surface area contributed by atoms with E-state index in [4.69, 9.17) is 9.47 Å². The smallest absolute Gasteiger partial charge is 0.231 e. The lowest BCUT2D eigenvalue weighted by atomic mass is 10.1. The molecule has 3 aromatic rings. The summed E-state index contributed by atoms with van der Waals surface area (Å²) in [7, 11) is 0. The molecule has 1 aliphatic rings. The van der Waals surface area contributed by atoms with E-state index in [1.165, 1.54) is 0 Å². The van der Waals surface area contributed by atoms with E-state index in [9.17, 15) is 4.79 Å². The Hall–Kier alpha value is -3.28. The number of aryl methyl sites for hydroxylation is 1. The second kappa shape index (κ2) is 7.95. The maximum absolute atomic E-state index is 12.1. The number of nitrogens with one attached hydrogen (secondary N) is 1. The summed E-state index contributed by atoms with van der Waals surface area (Å²) in [6.45, 7) is 0.838. The molecular weight excluding hydrogens is 342 g/mol. The van der Waals surface area contributed by atoms with Crippen molar-refractivity contribution in [2.24, 2.45) is 0 Å². The second-order valence-electron chi connectivity index (χ2n) is 6.37. The summed E-state index contributed by atoms with van der Waals surface area (Å²) in [6, 6.07) is 17.7. The van der Waals surface area contributed by atoms with Gasteiger partial charge >= 0.3 is 0 Å². The van der Waals surface area contributed by atoms with Crippen molar-refractivity contribution in [1.82, 2.24) is 15.1 Å². The molecule has 1 N–H and O–H groups in total. The molecule has 0 bridgehead atoms. The molecule has 4 rings (SSSR count). The largest absolute Gasteiger partial charge is 0.454 e. The van der Waals surface area contributed by atoms with Crippen LogP contribution in [0.2, 0.25) is 0 Å². The molecule has 1 amide bonds. The molecule has 0 fully saturated rings. The average molecular weight is 363 g/mol. The van der Waals surface area contributed by atoms with Crippen LogP contribution in [0.3, 0.4) is 0 Å². The lowest BCUT2D eigenvalue weighted by Gasteiger charge is -2.05. The van der Waals surface area contributed by atoms with Crippen molar-refractivity contribution in [3.63, 3.8) is 0 Å². The van der Waals surface area contributed by atoms with Crippen molar-refractivity contribution in [2.45, 2.75) is 19.3 Å². The Morgan fingerprint density at radius 3 is 2.78 bits per heavy atom. The SMILES string of the molecule is O=C(CCc1ccc2c(c1)OCO2)NCCc1ccn(-c2ccccc2)n1.